The Balaban J connectivity index is 1.83. The van der Waals surface area contributed by atoms with Crippen LogP contribution in [0.1, 0.15) is 21.5 Å². The Hall–Kier alpha value is -2.36. The van der Waals surface area contributed by atoms with E-state index in [0.717, 1.165) is 23.2 Å². The van der Waals surface area contributed by atoms with Crippen LogP contribution in [0, 0.1) is 5.82 Å². The third-order valence-corrected chi connectivity index (χ3v) is 3.68. The van der Waals surface area contributed by atoms with E-state index in [1.165, 1.54) is 24.3 Å². The van der Waals surface area contributed by atoms with Crippen LogP contribution in [0.3, 0.4) is 0 Å². The first-order valence-corrected chi connectivity index (χ1v) is 6.56. The number of hydrogen-bond acceptors (Lipinski definition) is 2. The Morgan fingerprint density at radius 3 is 2.65 bits per heavy atom. The number of carbonyl (C=O) groups excluding carboxylic acids is 1. The van der Waals surface area contributed by atoms with E-state index in [1.54, 1.807) is 4.90 Å². The Morgan fingerprint density at radius 1 is 1.15 bits per heavy atom. The number of fused-ring (bicyclic) bond motifs is 1. The number of hydrogen-bond donors (Lipinski definition) is 1. The van der Waals surface area contributed by atoms with Crippen LogP contribution in [0.15, 0.2) is 42.5 Å². The van der Waals surface area contributed by atoms with Gasteiger partial charge in [0.15, 0.2) is 0 Å². The highest BCUT2D eigenvalue weighted by Crippen LogP contribution is 2.25. The van der Waals surface area contributed by atoms with E-state index in [9.17, 15) is 9.18 Å². The fourth-order valence-electron chi connectivity index (χ4n) is 2.59. The van der Waals surface area contributed by atoms with Gasteiger partial charge in [-0.15, -0.1) is 0 Å². The van der Waals surface area contributed by atoms with E-state index < -0.39 is 0 Å². The van der Waals surface area contributed by atoms with Crippen LogP contribution in [-0.4, -0.2) is 17.4 Å². The average molecular weight is 270 g/mol. The van der Waals surface area contributed by atoms with Crippen LogP contribution >= 0.6 is 0 Å². The summed E-state index contributed by atoms with van der Waals surface area (Å²) in [5.41, 5.74) is 9.47. The van der Waals surface area contributed by atoms with Crippen LogP contribution in [0.25, 0.3) is 0 Å². The van der Waals surface area contributed by atoms with Crippen LogP contribution < -0.4 is 5.73 Å². The molecule has 4 heteroatoms. The molecule has 0 saturated carbocycles. The monoisotopic (exact) mass is 270 g/mol. The third-order valence-electron chi connectivity index (χ3n) is 3.68. The van der Waals surface area contributed by atoms with Crippen molar-refractivity contribution < 1.29 is 9.18 Å². The minimum atomic E-state index is -0.335. The quantitative estimate of drug-likeness (QED) is 0.810. The molecular formula is C16H15FN2O. The van der Waals surface area contributed by atoms with Gasteiger partial charge in [-0.2, -0.15) is 0 Å². The summed E-state index contributed by atoms with van der Waals surface area (Å²) in [6.07, 6.45) is 0.759. The molecule has 20 heavy (non-hydrogen) atoms. The van der Waals surface area contributed by atoms with E-state index in [-0.39, 0.29) is 11.7 Å². The molecule has 0 aromatic heterocycles. The van der Waals surface area contributed by atoms with Gasteiger partial charge in [-0.3, -0.25) is 4.79 Å². The third kappa shape index (κ3) is 2.25. The average Bonchev–Trinajstić information content (AvgIpc) is 2.47. The maximum absolute atomic E-state index is 12.9. The van der Waals surface area contributed by atoms with Gasteiger partial charge in [-0.05, 0) is 47.9 Å². The Kier molecular flexibility index (Phi) is 3.14. The molecule has 2 N–H and O–H groups in total. The fourth-order valence-corrected chi connectivity index (χ4v) is 2.59. The summed E-state index contributed by atoms with van der Waals surface area (Å²) >= 11 is 0. The van der Waals surface area contributed by atoms with E-state index in [0.29, 0.717) is 18.7 Å². The number of amides is 1. The zero-order valence-corrected chi connectivity index (χ0v) is 11.0. The molecule has 1 aliphatic heterocycles. The molecule has 3 rings (SSSR count). The maximum atomic E-state index is 12.9. The van der Waals surface area contributed by atoms with Gasteiger partial charge >= 0.3 is 0 Å². The number of benzene rings is 2. The lowest BCUT2D eigenvalue weighted by molar-refractivity contribution is 0.0735. The molecule has 0 radical (unpaired) electrons. The van der Waals surface area contributed by atoms with Gasteiger partial charge in [0.1, 0.15) is 5.82 Å². The summed E-state index contributed by atoms with van der Waals surface area (Å²) in [7, 11) is 0. The standard InChI is InChI=1S/C16H15FN2O/c17-13-6-4-11(5-7-13)16(20)19-9-8-14-12(10-19)2-1-3-15(14)18/h1-7H,8-10,18H2. The van der Waals surface area contributed by atoms with Crippen LogP contribution in [0.5, 0.6) is 0 Å². The van der Waals surface area contributed by atoms with E-state index in [2.05, 4.69) is 0 Å². The van der Waals surface area contributed by atoms with Gasteiger partial charge in [-0.1, -0.05) is 12.1 Å². The molecule has 2 aromatic rings. The Bertz CT molecular complexity index is 652. The smallest absolute Gasteiger partial charge is 0.254 e. The zero-order valence-electron chi connectivity index (χ0n) is 11.0. The van der Waals surface area contributed by atoms with Gasteiger partial charge < -0.3 is 10.6 Å². The highest BCUT2D eigenvalue weighted by Gasteiger charge is 2.22. The molecule has 0 atom stereocenters. The molecule has 0 bridgehead atoms. The normalized spacial score (nSPS) is 13.9. The number of nitrogen functional groups attached to an aromatic ring is 1. The molecule has 1 heterocycles. The second-order valence-corrected chi connectivity index (χ2v) is 4.97. The molecule has 0 spiro atoms. The van der Waals surface area contributed by atoms with Crippen LogP contribution in [-0.2, 0) is 13.0 Å². The van der Waals surface area contributed by atoms with Crippen molar-refractivity contribution in [1.82, 2.24) is 4.90 Å². The lowest BCUT2D eigenvalue weighted by atomic mass is 9.97. The molecule has 3 nitrogen and oxygen atoms in total. The highest BCUT2D eigenvalue weighted by atomic mass is 19.1. The van der Waals surface area contributed by atoms with Crippen molar-refractivity contribution in [1.29, 1.82) is 0 Å². The topological polar surface area (TPSA) is 46.3 Å². The fraction of sp³-hybridized carbons (Fsp3) is 0.188. The molecule has 0 aliphatic carbocycles. The van der Waals surface area contributed by atoms with Crippen molar-refractivity contribution in [3.05, 3.63) is 65.0 Å². The predicted molar refractivity (Wildman–Crippen MR) is 75.7 cm³/mol. The number of nitrogens with zero attached hydrogens (tertiary/aromatic N) is 1. The van der Waals surface area contributed by atoms with E-state index >= 15 is 0 Å². The lowest BCUT2D eigenvalue weighted by Crippen LogP contribution is -2.36. The SMILES string of the molecule is Nc1cccc2c1CCN(C(=O)c1ccc(F)cc1)C2. The van der Waals surface area contributed by atoms with Gasteiger partial charge in [-0.25, -0.2) is 4.39 Å². The number of carbonyl (C=O) groups is 1. The van der Waals surface area contributed by atoms with E-state index in [4.69, 9.17) is 5.73 Å². The number of halogens is 1. The minimum Gasteiger partial charge on any atom is -0.398 e. The predicted octanol–water partition coefficient (Wildman–Crippen LogP) is 2.61. The van der Waals surface area contributed by atoms with Crippen molar-refractivity contribution in [3.8, 4) is 0 Å². The molecule has 1 amide bonds. The van der Waals surface area contributed by atoms with Crippen molar-refractivity contribution in [2.75, 3.05) is 12.3 Å². The molecule has 1 aliphatic rings. The van der Waals surface area contributed by atoms with Crippen molar-refractivity contribution in [2.24, 2.45) is 0 Å². The van der Waals surface area contributed by atoms with Gasteiger partial charge in [0, 0.05) is 24.3 Å². The van der Waals surface area contributed by atoms with Gasteiger partial charge in [0.2, 0.25) is 0 Å². The number of rotatable bonds is 1. The molecule has 2 aromatic carbocycles. The van der Waals surface area contributed by atoms with Gasteiger partial charge in [0.05, 0.1) is 0 Å². The zero-order chi connectivity index (χ0) is 14.1. The molecule has 0 unspecified atom stereocenters. The maximum Gasteiger partial charge on any atom is 0.254 e. The summed E-state index contributed by atoms with van der Waals surface area (Å²) in [5, 5.41) is 0. The first-order valence-electron chi connectivity index (χ1n) is 6.56. The second kappa shape index (κ2) is 4.96. The first-order chi connectivity index (χ1) is 9.65. The van der Waals surface area contributed by atoms with Crippen molar-refractivity contribution >= 4 is 11.6 Å². The summed E-state index contributed by atoms with van der Waals surface area (Å²) < 4.78 is 12.9. The largest absolute Gasteiger partial charge is 0.398 e. The highest BCUT2D eigenvalue weighted by molar-refractivity contribution is 5.94. The minimum absolute atomic E-state index is 0.0712. The molecule has 0 fully saturated rings. The summed E-state index contributed by atoms with van der Waals surface area (Å²) in [6.45, 7) is 1.19. The molecule has 0 saturated heterocycles. The number of nitrogens with two attached hydrogens (primary N) is 1. The first kappa shape index (κ1) is 12.7. The van der Waals surface area contributed by atoms with E-state index in [1.807, 2.05) is 18.2 Å². The van der Waals surface area contributed by atoms with Crippen molar-refractivity contribution in [2.45, 2.75) is 13.0 Å². The Morgan fingerprint density at radius 2 is 1.90 bits per heavy atom. The number of anilines is 1. The Labute approximate surface area is 116 Å². The van der Waals surface area contributed by atoms with Crippen LogP contribution in [0.4, 0.5) is 10.1 Å². The lowest BCUT2D eigenvalue weighted by Gasteiger charge is -2.29. The molecule has 102 valence electrons. The van der Waals surface area contributed by atoms with Crippen LogP contribution in [0.2, 0.25) is 0 Å². The van der Waals surface area contributed by atoms with Crippen molar-refractivity contribution in [3.63, 3.8) is 0 Å². The summed E-state index contributed by atoms with van der Waals surface area (Å²) in [6, 6.07) is 11.4. The molecular weight excluding hydrogens is 255 g/mol. The second-order valence-electron chi connectivity index (χ2n) is 4.97. The summed E-state index contributed by atoms with van der Waals surface area (Å²) in [4.78, 5) is 14.2. The van der Waals surface area contributed by atoms with Gasteiger partial charge in [0.25, 0.3) is 5.91 Å². The summed E-state index contributed by atoms with van der Waals surface area (Å²) in [5.74, 6) is -0.406.